The van der Waals surface area contributed by atoms with E-state index in [4.69, 9.17) is 4.74 Å². The van der Waals surface area contributed by atoms with Crippen LogP contribution in [0.4, 0.5) is 11.4 Å². The molecule has 0 fully saturated rings. The van der Waals surface area contributed by atoms with Crippen LogP contribution in [0.1, 0.15) is 28.9 Å². The lowest BCUT2D eigenvalue weighted by atomic mass is 10.1. The standard InChI is InChI=1S/C18H18N2O4S/c1-20-13-6-2-5-12(18(13)24-11-17(20)23)19-16(22)9-3-7-14(21)15-8-4-10-25-15/h2,4-6,8,10H,3,7,9,11H2,1H3,(H,19,22). The number of anilines is 2. The van der Waals surface area contributed by atoms with Crippen molar-refractivity contribution < 1.29 is 19.1 Å². The van der Waals surface area contributed by atoms with Gasteiger partial charge in [0.15, 0.2) is 18.1 Å². The quantitative estimate of drug-likeness (QED) is 0.805. The minimum atomic E-state index is -0.185. The molecule has 0 bridgehead atoms. The van der Waals surface area contributed by atoms with Crippen molar-refractivity contribution in [1.82, 2.24) is 0 Å². The molecule has 0 spiro atoms. The van der Waals surface area contributed by atoms with Gasteiger partial charge in [0.25, 0.3) is 5.91 Å². The Bertz CT molecular complexity index is 801. The van der Waals surface area contributed by atoms with Crippen LogP contribution in [-0.2, 0) is 9.59 Å². The molecule has 25 heavy (non-hydrogen) atoms. The molecule has 0 atom stereocenters. The molecule has 1 N–H and O–H groups in total. The van der Waals surface area contributed by atoms with Gasteiger partial charge in [-0.25, -0.2) is 0 Å². The van der Waals surface area contributed by atoms with Crippen molar-refractivity contribution >= 4 is 40.3 Å². The number of amides is 2. The second-order valence-electron chi connectivity index (χ2n) is 5.70. The summed E-state index contributed by atoms with van der Waals surface area (Å²) in [6.45, 7) is -0.0499. The number of nitrogens with zero attached hydrogens (tertiary/aromatic N) is 1. The van der Waals surface area contributed by atoms with Crippen LogP contribution in [0.2, 0.25) is 0 Å². The second kappa shape index (κ2) is 7.48. The summed E-state index contributed by atoms with van der Waals surface area (Å²) in [7, 11) is 1.67. The number of Topliss-reactive ketones (excluding diaryl/α,β-unsaturated/α-hetero) is 1. The first-order valence-corrected chi connectivity index (χ1v) is 8.83. The summed E-state index contributed by atoms with van der Waals surface area (Å²) in [6, 6.07) is 8.88. The molecule has 6 nitrogen and oxygen atoms in total. The normalized spacial score (nSPS) is 13.2. The summed E-state index contributed by atoms with van der Waals surface area (Å²) < 4.78 is 5.47. The number of likely N-dealkylation sites (N-methyl/N-ethyl adjacent to an activating group) is 1. The van der Waals surface area contributed by atoms with Crippen LogP contribution in [0.3, 0.4) is 0 Å². The Balaban J connectivity index is 1.57. The third-order valence-electron chi connectivity index (χ3n) is 3.95. The maximum Gasteiger partial charge on any atom is 0.264 e. The maximum absolute atomic E-state index is 12.2. The highest BCUT2D eigenvalue weighted by Crippen LogP contribution is 2.38. The third-order valence-corrected chi connectivity index (χ3v) is 4.86. The van der Waals surface area contributed by atoms with Crippen LogP contribution in [0, 0.1) is 0 Å². The Morgan fingerprint density at radius 3 is 2.84 bits per heavy atom. The van der Waals surface area contributed by atoms with Crippen molar-refractivity contribution in [3.8, 4) is 5.75 Å². The first-order chi connectivity index (χ1) is 12.1. The van der Waals surface area contributed by atoms with Crippen molar-refractivity contribution in [3.63, 3.8) is 0 Å². The molecule has 1 aromatic heterocycles. The van der Waals surface area contributed by atoms with Gasteiger partial charge in [0.05, 0.1) is 16.3 Å². The molecule has 0 saturated carbocycles. The molecule has 0 saturated heterocycles. The fraction of sp³-hybridized carbons (Fsp3) is 0.278. The van der Waals surface area contributed by atoms with Gasteiger partial charge < -0.3 is 15.0 Å². The Hall–Kier alpha value is -2.67. The SMILES string of the molecule is CN1C(=O)COc2c(NC(=O)CCCC(=O)c3cccs3)cccc21. The summed E-state index contributed by atoms with van der Waals surface area (Å²) in [5.41, 5.74) is 1.16. The number of ether oxygens (including phenoxy) is 1. The van der Waals surface area contributed by atoms with E-state index >= 15 is 0 Å². The van der Waals surface area contributed by atoms with Gasteiger partial charge >= 0.3 is 0 Å². The maximum atomic E-state index is 12.2. The first-order valence-electron chi connectivity index (χ1n) is 7.95. The summed E-state index contributed by atoms with van der Waals surface area (Å²) >= 11 is 1.41. The van der Waals surface area contributed by atoms with E-state index in [0.29, 0.717) is 30.0 Å². The number of hydrogen-bond donors (Lipinski definition) is 1. The van der Waals surface area contributed by atoms with Gasteiger partial charge in [-0.3, -0.25) is 14.4 Å². The summed E-state index contributed by atoms with van der Waals surface area (Å²) in [6.07, 6.45) is 1.07. The van der Waals surface area contributed by atoms with Crippen LogP contribution < -0.4 is 15.0 Å². The van der Waals surface area contributed by atoms with Crippen LogP contribution >= 0.6 is 11.3 Å². The van der Waals surface area contributed by atoms with Crippen LogP contribution in [0.5, 0.6) is 5.75 Å². The number of para-hydroxylation sites is 1. The van der Waals surface area contributed by atoms with E-state index in [1.54, 1.807) is 31.3 Å². The molecule has 2 heterocycles. The lowest BCUT2D eigenvalue weighted by Crippen LogP contribution is -2.35. The zero-order valence-electron chi connectivity index (χ0n) is 13.8. The molecule has 130 valence electrons. The van der Waals surface area contributed by atoms with Gasteiger partial charge in [-0.1, -0.05) is 12.1 Å². The molecule has 2 amide bonds. The molecule has 1 aliphatic heterocycles. The van der Waals surface area contributed by atoms with E-state index in [1.165, 1.54) is 16.2 Å². The third kappa shape index (κ3) is 3.88. The van der Waals surface area contributed by atoms with Gasteiger partial charge in [0, 0.05) is 19.9 Å². The highest BCUT2D eigenvalue weighted by Gasteiger charge is 2.24. The number of rotatable bonds is 6. The average Bonchev–Trinajstić information content (AvgIpc) is 3.13. The minimum Gasteiger partial charge on any atom is -0.479 e. The zero-order chi connectivity index (χ0) is 17.8. The van der Waals surface area contributed by atoms with Crippen molar-refractivity contribution in [2.24, 2.45) is 0 Å². The smallest absolute Gasteiger partial charge is 0.264 e. The lowest BCUT2D eigenvalue weighted by molar-refractivity contribution is -0.121. The fourth-order valence-electron chi connectivity index (χ4n) is 2.59. The lowest BCUT2D eigenvalue weighted by Gasteiger charge is -2.27. The van der Waals surface area contributed by atoms with Gasteiger partial charge in [0.2, 0.25) is 5.91 Å². The van der Waals surface area contributed by atoms with Crippen molar-refractivity contribution in [2.75, 3.05) is 23.9 Å². The van der Waals surface area contributed by atoms with Gasteiger partial charge in [-0.2, -0.15) is 0 Å². The van der Waals surface area contributed by atoms with Crippen molar-refractivity contribution in [2.45, 2.75) is 19.3 Å². The summed E-state index contributed by atoms with van der Waals surface area (Å²) in [4.78, 5) is 38.0. The molecule has 0 aliphatic carbocycles. The number of fused-ring (bicyclic) bond motifs is 1. The molecular formula is C18H18N2O4S. The van der Waals surface area contributed by atoms with E-state index in [0.717, 1.165) is 4.88 Å². The zero-order valence-corrected chi connectivity index (χ0v) is 14.6. The largest absolute Gasteiger partial charge is 0.479 e. The fourth-order valence-corrected chi connectivity index (χ4v) is 3.28. The number of carbonyl (C=O) groups is 3. The number of thiophene rings is 1. The Labute approximate surface area is 149 Å². The first kappa shape index (κ1) is 17.2. The minimum absolute atomic E-state index is 0.0499. The van der Waals surface area contributed by atoms with Gasteiger partial charge in [-0.15, -0.1) is 11.3 Å². The van der Waals surface area contributed by atoms with E-state index < -0.39 is 0 Å². The predicted octanol–water partition coefficient (Wildman–Crippen LogP) is 3.10. The number of carbonyl (C=O) groups excluding carboxylic acids is 3. The van der Waals surface area contributed by atoms with Gasteiger partial charge in [-0.05, 0) is 30.0 Å². The molecule has 1 aliphatic rings. The van der Waals surface area contributed by atoms with E-state index in [1.807, 2.05) is 11.4 Å². The number of nitrogens with one attached hydrogen (secondary N) is 1. The Kier molecular flexibility index (Phi) is 5.14. The Morgan fingerprint density at radius 1 is 1.24 bits per heavy atom. The van der Waals surface area contributed by atoms with Crippen molar-refractivity contribution in [3.05, 3.63) is 40.6 Å². The second-order valence-corrected chi connectivity index (χ2v) is 6.65. The molecule has 0 unspecified atom stereocenters. The van der Waals surface area contributed by atoms with E-state index in [9.17, 15) is 14.4 Å². The molecule has 2 aromatic rings. The van der Waals surface area contributed by atoms with E-state index in [2.05, 4.69) is 5.32 Å². The van der Waals surface area contributed by atoms with E-state index in [-0.39, 0.29) is 30.6 Å². The van der Waals surface area contributed by atoms with Crippen LogP contribution in [0.15, 0.2) is 35.7 Å². The van der Waals surface area contributed by atoms with Crippen LogP contribution in [0.25, 0.3) is 0 Å². The molecule has 0 radical (unpaired) electrons. The molecule has 3 rings (SSSR count). The highest BCUT2D eigenvalue weighted by atomic mass is 32.1. The summed E-state index contributed by atoms with van der Waals surface area (Å²) in [5.74, 6) is 0.231. The molecule has 1 aromatic carbocycles. The number of benzene rings is 1. The molecular weight excluding hydrogens is 340 g/mol. The number of hydrogen-bond acceptors (Lipinski definition) is 5. The predicted molar refractivity (Wildman–Crippen MR) is 96.5 cm³/mol. The Morgan fingerprint density at radius 2 is 2.08 bits per heavy atom. The molecule has 7 heteroatoms. The monoisotopic (exact) mass is 358 g/mol. The van der Waals surface area contributed by atoms with Crippen LogP contribution in [-0.4, -0.2) is 31.3 Å². The van der Waals surface area contributed by atoms with Crippen molar-refractivity contribution in [1.29, 1.82) is 0 Å². The topological polar surface area (TPSA) is 75.7 Å². The highest BCUT2D eigenvalue weighted by molar-refractivity contribution is 7.12. The van der Waals surface area contributed by atoms with Gasteiger partial charge in [0.1, 0.15) is 0 Å². The average molecular weight is 358 g/mol. The summed E-state index contributed by atoms with van der Waals surface area (Å²) in [5, 5.41) is 4.66. The number of ketones is 1.